The molecule has 0 aliphatic carbocycles. The van der Waals surface area contributed by atoms with Crippen LogP contribution in [0.5, 0.6) is 5.75 Å². The van der Waals surface area contributed by atoms with Crippen LogP contribution in [-0.4, -0.2) is 21.9 Å². The number of nitro benzene ring substituents is 2. The average Bonchev–Trinajstić information content (AvgIpc) is 2.54. The van der Waals surface area contributed by atoms with E-state index in [1.807, 2.05) is 13.8 Å². The molecule has 0 radical (unpaired) electrons. The molecule has 0 aliphatic rings. The third-order valence-electron chi connectivity index (χ3n) is 3.05. The van der Waals surface area contributed by atoms with E-state index in [1.54, 1.807) is 24.3 Å². The quantitative estimate of drug-likeness (QED) is 0.630. The topological polar surface area (TPSA) is 125 Å². The van der Waals surface area contributed by atoms with Gasteiger partial charge in [-0.3, -0.25) is 25.0 Å². The normalized spacial score (nSPS) is 10.4. The molecule has 2 rings (SSSR count). The van der Waals surface area contributed by atoms with Crippen LogP contribution in [0.15, 0.2) is 42.5 Å². The van der Waals surface area contributed by atoms with E-state index in [-0.39, 0.29) is 11.7 Å². The first-order chi connectivity index (χ1) is 11.8. The molecule has 0 saturated carbocycles. The average molecular weight is 345 g/mol. The predicted octanol–water partition coefficient (Wildman–Crippen LogP) is 3.54. The summed E-state index contributed by atoms with van der Waals surface area (Å²) in [6.07, 6.45) is -0.0506. The SMILES string of the molecule is CC(C)Oc1cccc(NC(=O)c2cc([N+](=O)[O-])cc([N+](=O)[O-])c2)c1. The van der Waals surface area contributed by atoms with Crippen LogP contribution in [0.3, 0.4) is 0 Å². The highest BCUT2D eigenvalue weighted by molar-refractivity contribution is 6.05. The third kappa shape index (κ3) is 4.74. The first-order valence-corrected chi connectivity index (χ1v) is 7.28. The van der Waals surface area contributed by atoms with Crippen LogP contribution in [-0.2, 0) is 0 Å². The van der Waals surface area contributed by atoms with Crippen LogP contribution in [0.25, 0.3) is 0 Å². The smallest absolute Gasteiger partial charge is 0.277 e. The van der Waals surface area contributed by atoms with Gasteiger partial charge in [-0.2, -0.15) is 0 Å². The van der Waals surface area contributed by atoms with Crippen LogP contribution >= 0.6 is 0 Å². The molecule has 0 fully saturated rings. The maximum absolute atomic E-state index is 12.3. The lowest BCUT2D eigenvalue weighted by Gasteiger charge is -2.11. The molecule has 9 heteroatoms. The number of carbonyl (C=O) groups is 1. The lowest BCUT2D eigenvalue weighted by Crippen LogP contribution is -2.13. The highest BCUT2D eigenvalue weighted by Crippen LogP contribution is 2.24. The number of nitrogens with zero attached hydrogens (tertiary/aromatic N) is 2. The standard InChI is InChI=1S/C16H15N3O6/c1-10(2)25-15-5-3-4-12(8-15)17-16(20)11-6-13(18(21)22)9-14(7-11)19(23)24/h3-10H,1-2H3,(H,17,20). The molecule has 130 valence electrons. The molecular formula is C16H15N3O6. The minimum atomic E-state index is -0.791. The Hall–Kier alpha value is -3.49. The van der Waals surface area contributed by atoms with Crippen LogP contribution in [0.1, 0.15) is 24.2 Å². The summed E-state index contributed by atoms with van der Waals surface area (Å²) in [6, 6.07) is 9.35. The van der Waals surface area contributed by atoms with Gasteiger partial charge in [-0.25, -0.2) is 0 Å². The van der Waals surface area contributed by atoms with Crippen molar-refractivity contribution in [3.63, 3.8) is 0 Å². The van der Waals surface area contributed by atoms with Crippen LogP contribution < -0.4 is 10.1 Å². The Labute approximate surface area is 142 Å². The van der Waals surface area contributed by atoms with Gasteiger partial charge in [-0.05, 0) is 26.0 Å². The summed E-state index contributed by atoms with van der Waals surface area (Å²) in [5.74, 6) is -0.161. The Morgan fingerprint density at radius 1 is 1.04 bits per heavy atom. The maximum Gasteiger partial charge on any atom is 0.277 e. The van der Waals surface area contributed by atoms with Gasteiger partial charge in [0.15, 0.2) is 0 Å². The second-order valence-corrected chi connectivity index (χ2v) is 5.40. The summed E-state index contributed by atoms with van der Waals surface area (Å²) < 4.78 is 5.51. The molecule has 0 aliphatic heterocycles. The summed E-state index contributed by atoms with van der Waals surface area (Å²) in [6.45, 7) is 3.71. The lowest BCUT2D eigenvalue weighted by atomic mass is 10.1. The molecule has 0 unspecified atom stereocenters. The number of nitrogens with one attached hydrogen (secondary N) is 1. The zero-order valence-electron chi connectivity index (χ0n) is 13.5. The van der Waals surface area contributed by atoms with Gasteiger partial charge in [0.05, 0.1) is 27.6 Å². The van der Waals surface area contributed by atoms with E-state index in [0.717, 1.165) is 18.2 Å². The number of hydrogen-bond donors (Lipinski definition) is 1. The number of ether oxygens (including phenoxy) is 1. The Morgan fingerprint density at radius 2 is 1.64 bits per heavy atom. The predicted molar refractivity (Wildman–Crippen MR) is 89.9 cm³/mol. The molecule has 0 aromatic heterocycles. The van der Waals surface area contributed by atoms with Crippen molar-refractivity contribution in [2.45, 2.75) is 20.0 Å². The Bertz CT molecular complexity index is 802. The van der Waals surface area contributed by atoms with Gasteiger partial charge in [0.1, 0.15) is 5.75 Å². The van der Waals surface area contributed by atoms with E-state index in [4.69, 9.17) is 4.74 Å². The highest BCUT2D eigenvalue weighted by Gasteiger charge is 2.20. The largest absolute Gasteiger partial charge is 0.491 e. The van der Waals surface area contributed by atoms with Gasteiger partial charge >= 0.3 is 0 Å². The zero-order chi connectivity index (χ0) is 18.6. The first kappa shape index (κ1) is 17.9. The Kier molecular flexibility index (Phi) is 5.28. The fourth-order valence-electron chi connectivity index (χ4n) is 2.06. The van der Waals surface area contributed by atoms with Crippen LogP contribution in [0.4, 0.5) is 17.1 Å². The molecule has 0 atom stereocenters. The molecule has 25 heavy (non-hydrogen) atoms. The molecule has 1 N–H and O–H groups in total. The summed E-state index contributed by atoms with van der Waals surface area (Å²) in [5.41, 5.74) is -0.846. The van der Waals surface area contributed by atoms with Crippen molar-refractivity contribution < 1.29 is 19.4 Å². The van der Waals surface area contributed by atoms with Crippen molar-refractivity contribution in [3.05, 3.63) is 68.3 Å². The van der Waals surface area contributed by atoms with E-state index in [2.05, 4.69) is 5.32 Å². The molecule has 1 amide bonds. The fourth-order valence-corrected chi connectivity index (χ4v) is 2.06. The van der Waals surface area contributed by atoms with Crippen molar-refractivity contribution in [1.82, 2.24) is 0 Å². The number of rotatable bonds is 6. The van der Waals surface area contributed by atoms with Gasteiger partial charge in [0.25, 0.3) is 17.3 Å². The molecule has 2 aromatic rings. The molecule has 2 aromatic carbocycles. The number of hydrogen-bond acceptors (Lipinski definition) is 6. The molecular weight excluding hydrogens is 330 g/mol. The van der Waals surface area contributed by atoms with Crippen molar-refractivity contribution in [1.29, 1.82) is 0 Å². The minimum Gasteiger partial charge on any atom is -0.491 e. The summed E-state index contributed by atoms with van der Waals surface area (Å²) in [5, 5.41) is 24.3. The van der Waals surface area contributed by atoms with Crippen LogP contribution in [0.2, 0.25) is 0 Å². The van der Waals surface area contributed by atoms with Gasteiger partial charge in [0, 0.05) is 23.9 Å². The summed E-state index contributed by atoms with van der Waals surface area (Å²) in [4.78, 5) is 32.5. The third-order valence-corrected chi connectivity index (χ3v) is 3.05. The number of benzene rings is 2. The maximum atomic E-state index is 12.3. The number of nitro groups is 2. The van der Waals surface area contributed by atoms with E-state index >= 15 is 0 Å². The van der Waals surface area contributed by atoms with Gasteiger partial charge in [-0.15, -0.1) is 0 Å². The zero-order valence-corrected chi connectivity index (χ0v) is 13.5. The van der Waals surface area contributed by atoms with E-state index < -0.39 is 27.1 Å². The van der Waals surface area contributed by atoms with E-state index in [0.29, 0.717) is 11.4 Å². The number of non-ortho nitro benzene ring substituents is 2. The van der Waals surface area contributed by atoms with Gasteiger partial charge in [0.2, 0.25) is 0 Å². The molecule has 0 heterocycles. The van der Waals surface area contributed by atoms with Crippen LogP contribution in [0, 0.1) is 20.2 Å². The molecule has 0 saturated heterocycles. The van der Waals surface area contributed by atoms with Crippen molar-refractivity contribution >= 4 is 23.0 Å². The molecule has 0 spiro atoms. The highest BCUT2D eigenvalue weighted by atomic mass is 16.6. The van der Waals surface area contributed by atoms with Crippen molar-refractivity contribution in [3.8, 4) is 5.75 Å². The van der Waals surface area contributed by atoms with Crippen molar-refractivity contribution in [2.24, 2.45) is 0 Å². The fraction of sp³-hybridized carbons (Fsp3) is 0.188. The first-order valence-electron chi connectivity index (χ1n) is 7.28. The Balaban J connectivity index is 2.29. The lowest BCUT2D eigenvalue weighted by molar-refractivity contribution is -0.394. The summed E-state index contributed by atoms with van der Waals surface area (Å²) in [7, 11) is 0. The Morgan fingerprint density at radius 3 is 2.16 bits per heavy atom. The molecule has 0 bridgehead atoms. The minimum absolute atomic E-state index is 0.0506. The van der Waals surface area contributed by atoms with E-state index in [1.165, 1.54) is 0 Å². The van der Waals surface area contributed by atoms with E-state index in [9.17, 15) is 25.0 Å². The number of anilines is 1. The second-order valence-electron chi connectivity index (χ2n) is 5.40. The van der Waals surface area contributed by atoms with Gasteiger partial charge < -0.3 is 10.1 Å². The number of amides is 1. The second kappa shape index (κ2) is 7.39. The summed E-state index contributed by atoms with van der Waals surface area (Å²) >= 11 is 0. The van der Waals surface area contributed by atoms with Gasteiger partial charge in [-0.1, -0.05) is 6.07 Å². The number of carbonyl (C=O) groups excluding carboxylic acids is 1. The monoisotopic (exact) mass is 345 g/mol. The van der Waals surface area contributed by atoms with Crippen molar-refractivity contribution in [2.75, 3.05) is 5.32 Å². The molecule has 9 nitrogen and oxygen atoms in total.